The standard InChI is InChI=1S/C24H36N2O3/c1-22(15-20(22)19-7-4-3-5-8-19)25-16-23(18-29-2)11-13-26(14-12-23)17-24(21(27)28)9-6-10-24/h3-5,7-8,20,25H,6,9-18H2,1-2H3,(H,27,28)/t20-,22+/m0/s1. The van der Waals surface area contributed by atoms with Crippen LogP contribution in [0.5, 0.6) is 0 Å². The second-order valence-electron chi connectivity index (χ2n) is 10.1. The quantitative estimate of drug-likeness (QED) is 0.664. The van der Waals surface area contributed by atoms with Crippen LogP contribution in [0.25, 0.3) is 0 Å². The van der Waals surface area contributed by atoms with Gasteiger partial charge in [0.05, 0.1) is 12.0 Å². The second-order valence-corrected chi connectivity index (χ2v) is 10.1. The Balaban J connectivity index is 1.32. The first-order chi connectivity index (χ1) is 13.9. The largest absolute Gasteiger partial charge is 0.481 e. The molecule has 1 aromatic carbocycles. The predicted octanol–water partition coefficient (Wildman–Crippen LogP) is 3.51. The molecule has 5 nitrogen and oxygen atoms in total. The van der Waals surface area contributed by atoms with E-state index in [4.69, 9.17) is 4.74 Å². The van der Waals surface area contributed by atoms with Gasteiger partial charge < -0.3 is 20.1 Å². The van der Waals surface area contributed by atoms with E-state index >= 15 is 0 Å². The molecule has 4 rings (SSSR count). The van der Waals surface area contributed by atoms with Gasteiger partial charge in [0, 0.05) is 37.1 Å². The van der Waals surface area contributed by atoms with E-state index in [0.29, 0.717) is 12.5 Å². The molecule has 1 heterocycles. The zero-order chi connectivity index (χ0) is 20.5. The Hall–Kier alpha value is -1.43. The third kappa shape index (κ3) is 4.23. The molecule has 160 valence electrons. The first-order valence-corrected chi connectivity index (χ1v) is 11.2. The fraction of sp³-hybridized carbons (Fsp3) is 0.708. The average Bonchev–Trinajstić information content (AvgIpc) is 3.37. The molecule has 5 heteroatoms. The molecule has 3 aliphatic rings. The summed E-state index contributed by atoms with van der Waals surface area (Å²) in [6.45, 7) is 6.74. The minimum Gasteiger partial charge on any atom is -0.481 e. The summed E-state index contributed by atoms with van der Waals surface area (Å²) in [5.74, 6) is -0.00909. The number of methoxy groups -OCH3 is 1. The highest BCUT2D eigenvalue weighted by Gasteiger charge is 2.52. The number of likely N-dealkylation sites (tertiary alicyclic amines) is 1. The minimum atomic E-state index is -0.604. The number of carboxylic acids is 1. The summed E-state index contributed by atoms with van der Waals surface area (Å²) in [6, 6.07) is 10.8. The van der Waals surface area contributed by atoms with Gasteiger partial charge in [-0.15, -0.1) is 0 Å². The van der Waals surface area contributed by atoms with E-state index in [2.05, 4.69) is 47.5 Å². The molecule has 2 aliphatic carbocycles. The first-order valence-electron chi connectivity index (χ1n) is 11.2. The maximum Gasteiger partial charge on any atom is 0.310 e. The van der Waals surface area contributed by atoms with Crippen molar-refractivity contribution < 1.29 is 14.6 Å². The lowest BCUT2D eigenvalue weighted by atomic mass is 9.68. The summed E-state index contributed by atoms with van der Waals surface area (Å²) in [7, 11) is 1.80. The molecule has 0 amide bonds. The molecule has 2 atom stereocenters. The van der Waals surface area contributed by atoms with Crippen LogP contribution in [0, 0.1) is 10.8 Å². The highest BCUT2D eigenvalue weighted by Crippen LogP contribution is 2.51. The lowest BCUT2D eigenvalue weighted by Gasteiger charge is -2.47. The number of rotatable bonds is 9. The number of nitrogens with one attached hydrogen (secondary N) is 1. The topological polar surface area (TPSA) is 61.8 Å². The molecule has 0 aromatic heterocycles. The van der Waals surface area contributed by atoms with Crippen molar-refractivity contribution in [1.29, 1.82) is 0 Å². The Kier molecular flexibility index (Phi) is 5.75. The van der Waals surface area contributed by atoms with Crippen LogP contribution in [-0.4, -0.2) is 61.4 Å². The van der Waals surface area contributed by atoms with Gasteiger partial charge in [0.1, 0.15) is 0 Å². The molecule has 3 fully saturated rings. The summed E-state index contributed by atoms with van der Waals surface area (Å²) < 4.78 is 5.64. The molecule has 0 spiro atoms. The van der Waals surface area contributed by atoms with E-state index in [0.717, 1.165) is 58.3 Å². The molecule has 0 radical (unpaired) electrons. The van der Waals surface area contributed by atoms with Crippen molar-refractivity contribution >= 4 is 5.97 Å². The van der Waals surface area contributed by atoms with Crippen LogP contribution in [0.2, 0.25) is 0 Å². The number of nitrogens with zero attached hydrogens (tertiary/aromatic N) is 1. The molecule has 2 N–H and O–H groups in total. The number of hydrogen-bond donors (Lipinski definition) is 2. The molecule has 2 saturated carbocycles. The number of carboxylic acid groups (broad SMARTS) is 1. The van der Waals surface area contributed by atoms with Crippen LogP contribution < -0.4 is 5.32 Å². The second kappa shape index (κ2) is 8.01. The van der Waals surface area contributed by atoms with Gasteiger partial charge in [-0.3, -0.25) is 4.79 Å². The summed E-state index contributed by atoms with van der Waals surface area (Å²) in [4.78, 5) is 14.1. The number of carbonyl (C=O) groups is 1. The monoisotopic (exact) mass is 400 g/mol. The van der Waals surface area contributed by atoms with Crippen LogP contribution in [0.15, 0.2) is 30.3 Å². The van der Waals surface area contributed by atoms with Crippen molar-refractivity contribution in [3.8, 4) is 0 Å². The molecule has 1 aliphatic heterocycles. The van der Waals surface area contributed by atoms with Gasteiger partial charge in [0.15, 0.2) is 0 Å². The SMILES string of the molecule is COCC1(CN[C@]2(C)C[C@H]2c2ccccc2)CCN(CC2(C(=O)O)CCC2)CC1. The molecular formula is C24H36N2O3. The smallest absolute Gasteiger partial charge is 0.310 e. The van der Waals surface area contributed by atoms with Crippen LogP contribution in [0.3, 0.4) is 0 Å². The van der Waals surface area contributed by atoms with Crippen molar-refractivity contribution in [3.63, 3.8) is 0 Å². The van der Waals surface area contributed by atoms with E-state index < -0.39 is 11.4 Å². The van der Waals surface area contributed by atoms with Crippen molar-refractivity contribution in [2.24, 2.45) is 10.8 Å². The summed E-state index contributed by atoms with van der Waals surface area (Å²) in [5.41, 5.74) is 1.27. The van der Waals surface area contributed by atoms with E-state index in [1.165, 1.54) is 12.0 Å². The summed E-state index contributed by atoms with van der Waals surface area (Å²) in [5, 5.41) is 13.5. The molecule has 29 heavy (non-hydrogen) atoms. The molecular weight excluding hydrogens is 364 g/mol. The number of hydrogen-bond acceptors (Lipinski definition) is 4. The highest BCUT2D eigenvalue weighted by molar-refractivity contribution is 5.76. The van der Waals surface area contributed by atoms with Crippen molar-refractivity contribution in [2.75, 3.05) is 39.9 Å². The molecule has 0 bridgehead atoms. The molecule has 1 saturated heterocycles. The molecule has 1 aromatic rings. The van der Waals surface area contributed by atoms with Crippen molar-refractivity contribution in [2.45, 2.75) is 56.9 Å². The first kappa shape index (κ1) is 20.8. The maximum absolute atomic E-state index is 11.7. The van der Waals surface area contributed by atoms with Crippen molar-refractivity contribution in [1.82, 2.24) is 10.2 Å². The van der Waals surface area contributed by atoms with E-state index in [-0.39, 0.29) is 11.0 Å². The lowest BCUT2D eigenvalue weighted by molar-refractivity contribution is -0.157. The molecule has 0 unspecified atom stereocenters. The van der Waals surface area contributed by atoms with Gasteiger partial charge in [0.2, 0.25) is 0 Å². The van der Waals surface area contributed by atoms with Gasteiger partial charge in [-0.05, 0) is 57.7 Å². The Morgan fingerprint density at radius 2 is 1.90 bits per heavy atom. The maximum atomic E-state index is 11.7. The Labute approximate surface area is 174 Å². The third-order valence-corrected chi connectivity index (χ3v) is 7.96. The van der Waals surface area contributed by atoms with Crippen LogP contribution >= 0.6 is 0 Å². The fourth-order valence-corrected chi connectivity index (χ4v) is 5.46. The van der Waals surface area contributed by atoms with Crippen LogP contribution in [0.1, 0.15) is 56.9 Å². The lowest BCUT2D eigenvalue weighted by Crippen LogP contribution is -2.54. The van der Waals surface area contributed by atoms with Gasteiger partial charge in [-0.2, -0.15) is 0 Å². The zero-order valence-corrected chi connectivity index (χ0v) is 18.0. The Morgan fingerprint density at radius 3 is 2.45 bits per heavy atom. The Bertz CT molecular complexity index is 710. The number of ether oxygens (including phenoxy) is 1. The average molecular weight is 401 g/mol. The zero-order valence-electron chi connectivity index (χ0n) is 18.0. The Morgan fingerprint density at radius 1 is 1.21 bits per heavy atom. The van der Waals surface area contributed by atoms with E-state index in [1.54, 1.807) is 7.11 Å². The van der Waals surface area contributed by atoms with Gasteiger partial charge in [-0.25, -0.2) is 0 Å². The van der Waals surface area contributed by atoms with Gasteiger partial charge in [-0.1, -0.05) is 36.8 Å². The fourth-order valence-electron chi connectivity index (χ4n) is 5.46. The third-order valence-electron chi connectivity index (χ3n) is 7.96. The van der Waals surface area contributed by atoms with Crippen molar-refractivity contribution in [3.05, 3.63) is 35.9 Å². The van der Waals surface area contributed by atoms with Gasteiger partial charge in [0.25, 0.3) is 0 Å². The number of benzene rings is 1. The normalized spacial score (nSPS) is 30.5. The number of aliphatic carboxylic acids is 1. The minimum absolute atomic E-state index is 0.147. The van der Waals surface area contributed by atoms with Gasteiger partial charge >= 0.3 is 5.97 Å². The summed E-state index contributed by atoms with van der Waals surface area (Å²) in [6.07, 6.45) is 6.04. The van der Waals surface area contributed by atoms with E-state index in [9.17, 15) is 9.90 Å². The number of piperidine rings is 1. The van der Waals surface area contributed by atoms with E-state index in [1.807, 2.05) is 0 Å². The summed E-state index contributed by atoms with van der Waals surface area (Å²) >= 11 is 0. The highest BCUT2D eigenvalue weighted by atomic mass is 16.5. The van der Waals surface area contributed by atoms with Crippen LogP contribution in [-0.2, 0) is 9.53 Å². The van der Waals surface area contributed by atoms with Crippen LogP contribution in [0.4, 0.5) is 0 Å². The predicted molar refractivity (Wildman–Crippen MR) is 114 cm³/mol.